The highest BCUT2D eigenvalue weighted by Crippen LogP contribution is 2.28. The summed E-state index contributed by atoms with van der Waals surface area (Å²) in [5, 5.41) is 3.99. The molecule has 0 saturated carbocycles. The highest BCUT2D eigenvalue weighted by Gasteiger charge is 2.09. The predicted molar refractivity (Wildman–Crippen MR) is 92.1 cm³/mol. The van der Waals surface area contributed by atoms with E-state index in [2.05, 4.69) is 20.7 Å². The number of nitrogens with one attached hydrogen (secondary N) is 2. The molecule has 0 fully saturated rings. The lowest BCUT2D eigenvalue weighted by atomic mass is 10.0. The van der Waals surface area contributed by atoms with Crippen LogP contribution in [0.2, 0.25) is 5.02 Å². The highest BCUT2D eigenvalue weighted by molar-refractivity contribution is 6.30. The first-order valence-electron chi connectivity index (χ1n) is 6.89. The third-order valence-corrected chi connectivity index (χ3v) is 3.55. The number of hydrogen-bond donors (Lipinski definition) is 3. The van der Waals surface area contributed by atoms with E-state index >= 15 is 0 Å². The molecule has 6 nitrogen and oxygen atoms in total. The first-order chi connectivity index (χ1) is 11.1. The molecule has 3 aromatic rings. The number of rotatable bonds is 3. The van der Waals surface area contributed by atoms with Crippen molar-refractivity contribution < 1.29 is 4.79 Å². The molecule has 116 valence electrons. The summed E-state index contributed by atoms with van der Waals surface area (Å²) in [6.07, 6.45) is 0. The van der Waals surface area contributed by atoms with Gasteiger partial charge in [0.1, 0.15) is 0 Å². The molecule has 0 atom stereocenters. The second kappa shape index (κ2) is 6.20. The molecule has 2 aromatic carbocycles. The van der Waals surface area contributed by atoms with Gasteiger partial charge in [0.25, 0.3) is 0 Å². The van der Waals surface area contributed by atoms with Crippen LogP contribution in [0.4, 0.5) is 11.8 Å². The summed E-state index contributed by atoms with van der Waals surface area (Å²) in [7, 11) is 0. The number of anilines is 2. The predicted octanol–water partition coefficient (Wildman–Crippen LogP) is 3.19. The number of nitrogen functional groups attached to an aromatic ring is 1. The molecule has 4 N–H and O–H groups in total. The average Bonchev–Trinajstić information content (AvgIpc) is 2.54. The minimum absolute atomic E-state index is 0.206. The van der Waals surface area contributed by atoms with Gasteiger partial charge in [-0.2, -0.15) is 4.98 Å². The van der Waals surface area contributed by atoms with Gasteiger partial charge in [0.05, 0.1) is 5.52 Å². The molecule has 0 spiro atoms. The lowest BCUT2D eigenvalue weighted by Crippen LogP contribution is -2.14. The molecule has 1 heterocycles. The van der Waals surface area contributed by atoms with E-state index in [1.807, 2.05) is 42.5 Å². The summed E-state index contributed by atoms with van der Waals surface area (Å²) in [5.41, 5.74) is 5.23. The van der Waals surface area contributed by atoms with Crippen LogP contribution in [0.5, 0.6) is 0 Å². The fraction of sp³-hybridized carbons (Fsp3) is 0.0625. The van der Waals surface area contributed by atoms with E-state index in [-0.39, 0.29) is 11.9 Å². The first-order valence-corrected chi connectivity index (χ1v) is 7.26. The Balaban J connectivity index is 2.11. The van der Waals surface area contributed by atoms with Crippen molar-refractivity contribution in [2.45, 2.75) is 6.92 Å². The van der Waals surface area contributed by atoms with Crippen molar-refractivity contribution in [3.63, 3.8) is 0 Å². The molecule has 7 heteroatoms. The Kier molecular flexibility index (Phi) is 4.10. The van der Waals surface area contributed by atoms with Crippen LogP contribution in [-0.4, -0.2) is 15.9 Å². The summed E-state index contributed by atoms with van der Waals surface area (Å²) < 4.78 is 0. The first kappa shape index (κ1) is 15.2. The standard InChI is InChI=1S/C16H14ClN5O/c1-9(23)19-16-20-14-7-4-11(8-13(14)15(21-16)22-18)10-2-5-12(17)6-3-10/h2-8H,18H2,1H3,(H2,19,20,21,22,23). The van der Waals surface area contributed by atoms with Crippen molar-refractivity contribution in [2.75, 3.05) is 10.7 Å². The molecule has 0 radical (unpaired) electrons. The van der Waals surface area contributed by atoms with Gasteiger partial charge in [0.2, 0.25) is 11.9 Å². The van der Waals surface area contributed by atoms with Crippen LogP contribution in [0.3, 0.4) is 0 Å². The summed E-state index contributed by atoms with van der Waals surface area (Å²) in [5.74, 6) is 5.95. The smallest absolute Gasteiger partial charge is 0.232 e. The summed E-state index contributed by atoms with van der Waals surface area (Å²) in [6.45, 7) is 1.40. The number of fused-ring (bicyclic) bond motifs is 1. The van der Waals surface area contributed by atoms with Gasteiger partial charge >= 0.3 is 0 Å². The van der Waals surface area contributed by atoms with Crippen LogP contribution >= 0.6 is 11.6 Å². The van der Waals surface area contributed by atoms with E-state index in [1.54, 1.807) is 0 Å². The fourth-order valence-electron chi connectivity index (χ4n) is 2.27. The second-order valence-corrected chi connectivity index (χ2v) is 5.40. The van der Waals surface area contributed by atoms with E-state index in [9.17, 15) is 4.79 Å². The quantitative estimate of drug-likeness (QED) is 0.507. The number of nitrogens with two attached hydrogens (primary N) is 1. The van der Waals surface area contributed by atoms with Gasteiger partial charge in [0.15, 0.2) is 5.82 Å². The van der Waals surface area contributed by atoms with Crippen molar-refractivity contribution in [3.8, 4) is 11.1 Å². The number of benzene rings is 2. The number of carbonyl (C=O) groups excluding carboxylic acids is 1. The van der Waals surface area contributed by atoms with Crippen molar-refractivity contribution >= 4 is 40.2 Å². The Morgan fingerprint density at radius 3 is 2.43 bits per heavy atom. The van der Waals surface area contributed by atoms with Gasteiger partial charge in [-0.1, -0.05) is 29.8 Å². The maximum atomic E-state index is 11.2. The monoisotopic (exact) mass is 327 g/mol. The van der Waals surface area contributed by atoms with Crippen LogP contribution < -0.4 is 16.6 Å². The molecule has 0 bridgehead atoms. The van der Waals surface area contributed by atoms with Crippen LogP contribution in [0.1, 0.15) is 6.92 Å². The van der Waals surface area contributed by atoms with E-state index in [0.717, 1.165) is 16.5 Å². The molecule has 0 aliphatic heterocycles. The Morgan fingerprint density at radius 1 is 1.09 bits per heavy atom. The number of hydrogen-bond acceptors (Lipinski definition) is 5. The molecule has 0 saturated heterocycles. The third-order valence-electron chi connectivity index (χ3n) is 3.30. The molecule has 0 aliphatic carbocycles. The van der Waals surface area contributed by atoms with Gasteiger partial charge in [-0.15, -0.1) is 0 Å². The average molecular weight is 328 g/mol. The Morgan fingerprint density at radius 2 is 1.78 bits per heavy atom. The number of nitrogens with zero attached hydrogens (tertiary/aromatic N) is 2. The number of hydrazine groups is 1. The van der Waals surface area contributed by atoms with Gasteiger partial charge in [-0.05, 0) is 35.4 Å². The van der Waals surface area contributed by atoms with Crippen LogP contribution in [0.25, 0.3) is 22.0 Å². The normalized spacial score (nSPS) is 10.6. The molecular weight excluding hydrogens is 314 g/mol. The molecule has 23 heavy (non-hydrogen) atoms. The summed E-state index contributed by atoms with van der Waals surface area (Å²) in [4.78, 5) is 19.7. The van der Waals surface area contributed by atoms with Crippen molar-refractivity contribution in [3.05, 3.63) is 47.5 Å². The minimum Gasteiger partial charge on any atom is -0.308 e. The van der Waals surface area contributed by atoms with Crippen molar-refractivity contribution in [1.82, 2.24) is 9.97 Å². The van der Waals surface area contributed by atoms with E-state index in [1.165, 1.54) is 6.92 Å². The fourth-order valence-corrected chi connectivity index (χ4v) is 2.40. The number of halogens is 1. The van der Waals surface area contributed by atoms with Crippen molar-refractivity contribution in [2.24, 2.45) is 5.84 Å². The minimum atomic E-state index is -0.245. The largest absolute Gasteiger partial charge is 0.308 e. The maximum absolute atomic E-state index is 11.2. The van der Waals surface area contributed by atoms with Crippen LogP contribution in [0.15, 0.2) is 42.5 Å². The Bertz CT molecular complexity index is 880. The number of aromatic nitrogens is 2. The topological polar surface area (TPSA) is 92.9 Å². The highest BCUT2D eigenvalue weighted by atomic mass is 35.5. The summed E-state index contributed by atoms with van der Waals surface area (Å²) >= 11 is 5.92. The van der Waals surface area contributed by atoms with E-state index in [4.69, 9.17) is 17.4 Å². The van der Waals surface area contributed by atoms with Gasteiger partial charge in [-0.3, -0.25) is 10.1 Å². The number of carbonyl (C=O) groups is 1. The molecule has 0 aliphatic rings. The molecule has 0 unspecified atom stereocenters. The van der Waals surface area contributed by atoms with Gasteiger partial charge in [0, 0.05) is 17.3 Å². The van der Waals surface area contributed by atoms with Crippen LogP contribution in [0, 0.1) is 0 Å². The van der Waals surface area contributed by atoms with Crippen molar-refractivity contribution in [1.29, 1.82) is 0 Å². The zero-order valence-electron chi connectivity index (χ0n) is 12.3. The zero-order chi connectivity index (χ0) is 16.4. The van der Waals surface area contributed by atoms with Gasteiger partial charge in [-0.25, -0.2) is 10.8 Å². The Hall–Kier alpha value is -2.70. The van der Waals surface area contributed by atoms with E-state index < -0.39 is 0 Å². The summed E-state index contributed by atoms with van der Waals surface area (Å²) in [6, 6.07) is 13.3. The van der Waals surface area contributed by atoms with Crippen LogP contribution in [-0.2, 0) is 4.79 Å². The third kappa shape index (κ3) is 3.23. The second-order valence-electron chi connectivity index (χ2n) is 4.96. The lowest BCUT2D eigenvalue weighted by molar-refractivity contribution is -0.114. The van der Waals surface area contributed by atoms with Gasteiger partial charge < -0.3 is 5.43 Å². The SMILES string of the molecule is CC(=O)Nc1nc(NN)c2cc(-c3ccc(Cl)cc3)ccc2n1. The molecular formula is C16H14ClN5O. The zero-order valence-corrected chi connectivity index (χ0v) is 13.1. The Labute approximate surface area is 137 Å². The number of amides is 1. The van der Waals surface area contributed by atoms with E-state index in [0.29, 0.717) is 16.4 Å². The lowest BCUT2D eigenvalue weighted by Gasteiger charge is -2.10. The maximum Gasteiger partial charge on any atom is 0.232 e. The molecule has 1 aromatic heterocycles. The molecule has 1 amide bonds. The molecule has 3 rings (SSSR count).